The van der Waals surface area contributed by atoms with Gasteiger partial charge in [-0.25, -0.2) is 0 Å². The van der Waals surface area contributed by atoms with E-state index in [1.807, 2.05) is 0 Å². The molecule has 0 saturated heterocycles. The molecule has 0 bridgehead atoms. The number of carboxylic acid groups (broad SMARTS) is 1. The van der Waals surface area contributed by atoms with E-state index >= 15 is 0 Å². The number of aliphatic hydroxyl groups excluding tert-OH is 1. The Kier molecular flexibility index (Phi) is 6.75. The van der Waals surface area contributed by atoms with Crippen LogP contribution in [0.3, 0.4) is 0 Å². The fraction of sp³-hybridized carbons (Fsp3) is 0.846. The quantitative estimate of drug-likeness (QED) is 0.704. The van der Waals surface area contributed by atoms with Gasteiger partial charge in [-0.1, -0.05) is 0 Å². The van der Waals surface area contributed by atoms with Gasteiger partial charge in [-0.05, 0) is 0 Å². The standard InChI is InChI=1S/C13H25AsO5Si/c1-20(2,3)7-6-19-13(18)14-10-5-4-9(12(16)17)8-11(10)15/h9-11,14-15H,4-8H2,1-3H3,(H,16,17)/t9?,10-,11-/m0/s1. The van der Waals surface area contributed by atoms with Gasteiger partial charge in [0.1, 0.15) is 0 Å². The Morgan fingerprint density at radius 2 is 1.95 bits per heavy atom. The first-order valence-corrected chi connectivity index (χ1v) is 13.0. The molecule has 2 N–H and O–H groups in total. The van der Waals surface area contributed by atoms with Crippen molar-refractivity contribution >= 4 is 34.6 Å². The van der Waals surface area contributed by atoms with E-state index in [4.69, 9.17) is 9.84 Å². The van der Waals surface area contributed by atoms with E-state index in [1.165, 1.54) is 0 Å². The molecule has 20 heavy (non-hydrogen) atoms. The molecule has 0 heterocycles. The summed E-state index contributed by atoms with van der Waals surface area (Å²) in [7, 11) is -1.19. The van der Waals surface area contributed by atoms with Crippen LogP contribution < -0.4 is 0 Å². The molecule has 1 aliphatic carbocycles. The zero-order valence-corrected chi connectivity index (χ0v) is 15.5. The molecule has 1 rings (SSSR count). The molecule has 0 spiro atoms. The minimum atomic E-state index is -1.19. The Morgan fingerprint density at radius 3 is 2.45 bits per heavy atom. The molecule has 4 atom stereocenters. The Balaban J connectivity index is 2.31. The van der Waals surface area contributed by atoms with Crippen molar-refractivity contribution in [2.24, 2.45) is 5.92 Å². The van der Waals surface area contributed by atoms with E-state index in [2.05, 4.69) is 19.6 Å². The van der Waals surface area contributed by atoms with Gasteiger partial charge in [-0.15, -0.1) is 0 Å². The summed E-state index contributed by atoms with van der Waals surface area (Å²) in [4.78, 5) is 22.7. The zero-order valence-electron chi connectivity index (χ0n) is 12.4. The Labute approximate surface area is 127 Å². The molecule has 1 saturated carbocycles. The minimum absolute atomic E-state index is 0.0371. The van der Waals surface area contributed by atoms with Crippen molar-refractivity contribution in [1.82, 2.24) is 0 Å². The summed E-state index contributed by atoms with van der Waals surface area (Å²) in [6.07, 6.45) is 0.796. The van der Waals surface area contributed by atoms with Crippen LogP contribution >= 0.6 is 0 Å². The average Bonchev–Trinajstić information content (AvgIpc) is 2.29. The molecule has 0 aromatic heterocycles. The van der Waals surface area contributed by atoms with Gasteiger partial charge in [0.2, 0.25) is 0 Å². The zero-order chi connectivity index (χ0) is 15.3. The van der Waals surface area contributed by atoms with Crippen LogP contribution in [-0.2, 0) is 9.53 Å². The molecule has 1 fully saturated rings. The number of aliphatic carboxylic acids is 1. The van der Waals surface area contributed by atoms with Crippen molar-refractivity contribution < 1.29 is 24.5 Å². The van der Waals surface area contributed by atoms with Crippen LogP contribution in [0.2, 0.25) is 30.4 Å². The van der Waals surface area contributed by atoms with Crippen molar-refractivity contribution in [1.29, 1.82) is 0 Å². The molecule has 0 radical (unpaired) electrons. The summed E-state index contributed by atoms with van der Waals surface area (Å²) in [5, 5.41) is 18.9. The third-order valence-corrected chi connectivity index (χ3v) is 8.25. The molecule has 0 aliphatic heterocycles. The fourth-order valence-electron chi connectivity index (χ4n) is 2.18. The predicted octanol–water partition coefficient (Wildman–Crippen LogP) is 1.93. The van der Waals surface area contributed by atoms with Crippen molar-refractivity contribution in [3.8, 4) is 0 Å². The van der Waals surface area contributed by atoms with Crippen LogP contribution in [0.5, 0.6) is 0 Å². The predicted molar refractivity (Wildman–Crippen MR) is 81.4 cm³/mol. The van der Waals surface area contributed by atoms with Crippen LogP contribution in [0.4, 0.5) is 4.79 Å². The number of rotatable bonds is 6. The van der Waals surface area contributed by atoms with Gasteiger partial charge < -0.3 is 0 Å². The second-order valence-corrected chi connectivity index (χ2v) is 15.3. The average molecular weight is 364 g/mol. The number of ether oxygens (including phenoxy) is 1. The first kappa shape index (κ1) is 17.7. The van der Waals surface area contributed by atoms with E-state index in [-0.39, 0.29) is 15.9 Å². The number of hydrogen-bond donors (Lipinski definition) is 2. The number of hydrogen-bond acceptors (Lipinski definition) is 4. The van der Waals surface area contributed by atoms with Gasteiger partial charge in [-0.2, -0.15) is 0 Å². The third kappa shape index (κ3) is 6.42. The van der Waals surface area contributed by atoms with Crippen LogP contribution in [0.1, 0.15) is 19.3 Å². The number of carbonyl (C=O) groups excluding carboxylic acids is 1. The first-order valence-electron chi connectivity index (χ1n) is 7.03. The van der Waals surface area contributed by atoms with Gasteiger partial charge in [-0.3, -0.25) is 0 Å². The maximum atomic E-state index is 11.8. The molecular formula is C13H25AsO5Si. The molecule has 0 aromatic rings. The Bertz CT molecular complexity index is 355. The topological polar surface area (TPSA) is 83.8 Å². The SMILES string of the molecule is C[Si](C)(C)CCOC(=O)[AsH][C@H]1CCC(C(=O)O)C[C@@H]1O. The fourth-order valence-corrected chi connectivity index (χ4v) is 5.26. The van der Waals surface area contributed by atoms with E-state index in [0.29, 0.717) is 19.4 Å². The molecule has 0 aromatic carbocycles. The van der Waals surface area contributed by atoms with Crippen LogP contribution in [-0.4, -0.2) is 57.5 Å². The molecule has 2 unspecified atom stereocenters. The number of carboxylic acids is 1. The van der Waals surface area contributed by atoms with Crippen molar-refractivity contribution in [3.63, 3.8) is 0 Å². The van der Waals surface area contributed by atoms with E-state index in [0.717, 1.165) is 6.04 Å². The summed E-state index contributed by atoms with van der Waals surface area (Å²) in [5.41, 5.74) is 0. The summed E-state index contributed by atoms with van der Waals surface area (Å²) in [6, 6.07) is 0.958. The van der Waals surface area contributed by atoms with Gasteiger partial charge >= 0.3 is 127 Å². The monoisotopic (exact) mass is 364 g/mol. The number of carbonyl (C=O) groups is 2. The van der Waals surface area contributed by atoms with Gasteiger partial charge in [0.05, 0.1) is 0 Å². The van der Waals surface area contributed by atoms with Gasteiger partial charge in [0.15, 0.2) is 0 Å². The molecule has 7 heteroatoms. The van der Waals surface area contributed by atoms with Crippen LogP contribution in [0.15, 0.2) is 0 Å². The Morgan fingerprint density at radius 1 is 1.30 bits per heavy atom. The van der Waals surface area contributed by atoms with Crippen molar-refractivity contribution in [2.75, 3.05) is 6.61 Å². The van der Waals surface area contributed by atoms with Crippen LogP contribution in [0, 0.1) is 5.92 Å². The first-order chi connectivity index (χ1) is 9.19. The molecular weight excluding hydrogens is 339 g/mol. The molecule has 116 valence electrons. The van der Waals surface area contributed by atoms with Crippen LogP contribution in [0.25, 0.3) is 0 Å². The second kappa shape index (κ2) is 7.62. The summed E-state index contributed by atoms with van der Waals surface area (Å²) in [6.45, 7) is 7.18. The van der Waals surface area contributed by atoms with Crippen molar-refractivity contribution in [2.45, 2.75) is 55.8 Å². The number of aliphatic hydroxyl groups is 1. The van der Waals surface area contributed by atoms with Gasteiger partial charge in [0.25, 0.3) is 0 Å². The Hall–Kier alpha value is -0.325. The molecule has 0 amide bonds. The molecule has 1 aliphatic rings. The summed E-state index contributed by atoms with van der Waals surface area (Å²) < 4.78 is 5.08. The molecule has 5 nitrogen and oxygen atoms in total. The van der Waals surface area contributed by atoms with Gasteiger partial charge in [0, 0.05) is 0 Å². The van der Waals surface area contributed by atoms with E-state index in [9.17, 15) is 14.7 Å². The maximum absolute atomic E-state index is 11.8. The summed E-state index contributed by atoms with van der Waals surface area (Å²) in [5.74, 6) is -1.31. The normalized spacial score (nSPS) is 27.7. The van der Waals surface area contributed by atoms with E-state index in [1.54, 1.807) is 0 Å². The summed E-state index contributed by atoms with van der Waals surface area (Å²) >= 11 is -1.02. The second-order valence-electron chi connectivity index (χ2n) is 6.61. The van der Waals surface area contributed by atoms with Crippen molar-refractivity contribution in [3.05, 3.63) is 0 Å². The third-order valence-electron chi connectivity index (χ3n) is 3.55. The van der Waals surface area contributed by atoms with E-state index < -0.39 is 41.8 Å².